The summed E-state index contributed by atoms with van der Waals surface area (Å²) in [5.41, 5.74) is 2.67. The number of ether oxygens (including phenoxy) is 2. The van der Waals surface area contributed by atoms with Gasteiger partial charge in [0.25, 0.3) is 5.89 Å². The van der Waals surface area contributed by atoms with E-state index < -0.39 is 0 Å². The van der Waals surface area contributed by atoms with E-state index in [0.717, 1.165) is 23.1 Å². The van der Waals surface area contributed by atoms with E-state index in [0.29, 0.717) is 22.5 Å². The van der Waals surface area contributed by atoms with Gasteiger partial charge in [0.15, 0.2) is 0 Å². The van der Waals surface area contributed by atoms with E-state index in [1.807, 2.05) is 44.2 Å². The Morgan fingerprint density at radius 3 is 2.55 bits per heavy atom. The van der Waals surface area contributed by atoms with Crippen molar-refractivity contribution in [2.75, 3.05) is 7.11 Å². The number of hydrogen-bond acceptors (Lipinski definition) is 6. The van der Waals surface area contributed by atoms with E-state index in [1.54, 1.807) is 12.1 Å². The molecule has 1 heterocycles. The second-order valence-corrected chi connectivity index (χ2v) is 7.74. The molecule has 0 aliphatic heterocycles. The zero-order valence-corrected chi connectivity index (χ0v) is 17.1. The van der Waals surface area contributed by atoms with Crippen molar-refractivity contribution in [3.8, 4) is 28.6 Å². The predicted octanol–water partition coefficient (Wildman–Crippen LogP) is 5.12. The van der Waals surface area contributed by atoms with Crippen LogP contribution in [0.2, 0.25) is 5.02 Å². The molecule has 0 spiro atoms. The molecule has 7 heteroatoms. The molecular weight excluding hydrogens is 392 g/mol. The topological polar surface area (TPSA) is 74.5 Å². The van der Waals surface area contributed by atoms with Gasteiger partial charge >= 0.3 is 5.97 Å². The predicted molar refractivity (Wildman–Crippen MR) is 109 cm³/mol. The van der Waals surface area contributed by atoms with Gasteiger partial charge in [0.2, 0.25) is 5.82 Å². The summed E-state index contributed by atoms with van der Waals surface area (Å²) in [5, 5.41) is 4.56. The van der Waals surface area contributed by atoms with Gasteiger partial charge in [0, 0.05) is 11.1 Å². The fraction of sp³-hybridized carbons (Fsp3) is 0.318. The third kappa shape index (κ3) is 4.12. The van der Waals surface area contributed by atoms with Crippen LogP contribution in [0.1, 0.15) is 31.7 Å². The van der Waals surface area contributed by atoms with Crippen LogP contribution >= 0.6 is 11.6 Å². The molecule has 0 amide bonds. The lowest BCUT2D eigenvalue weighted by Gasteiger charge is -2.11. The molecule has 1 aliphatic carbocycles. The highest BCUT2D eigenvalue weighted by molar-refractivity contribution is 6.32. The zero-order chi connectivity index (χ0) is 20.5. The Labute approximate surface area is 173 Å². The molecule has 1 fully saturated rings. The van der Waals surface area contributed by atoms with Crippen LogP contribution in [0.4, 0.5) is 0 Å². The molecule has 0 N–H and O–H groups in total. The minimum atomic E-state index is -0.149. The number of hydrogen-bond donors (Lipinski definition) is 0. The smallest absolute Gasteiger partial charge is 0.309 e. The Kier molecular flexibility index (Phi) is 5.28. The van der Waals surface area contributed by atoms with Crippen molar-refractivity contribution in [2.24, 2.45) is 5.92 Å². The zero-order valence-electron chi connectivity index (χ0n) is 16.4. The van der Waals surface area contributed by atoms with E-state index in [1.165, 1.54) is 7.11 Å². The Morgan fingerprint density at radius 2 is 1.90 bits per heavy atom. The van der Waals surface area contributed by atoms with Gasteiger partial charge in [0.1, 0.15) is 5.75 Å². The van der Waals surface area contributed by atoms with E-state index in [4.69, 9.17) is 25.6 Å². The van der Waals surface area contributed by atoms with Gasteiger partial charge in [-0.2, -0.15) is 4.98 Å². The second-order valence-electron chi connectivity index (χ2n) is 7.33. The van der Waals surface area contributed by atoms with Crippen LogP contribution in [0.5, 0.6) is 5.75 Å². The number of esters is 1. The molecule has 0 saturated heterocycles. The average molecular weight is 413 g/mol. The van der Waals surface area contributed by atoms with Gasteiger partial charge in [-0.15, -0.1) is 0 Å². The van der Waals surface area contributed by atoms with E-state index in [9.17, 15) is 4.79 Å². The summed E-state index contributed by atoms with van der Waals surface area (Å²) in [7, 11) is 1.42. The Bertz CT molecular complexity index is 1030. The summed E-state index contributed by atoms with van der Waals surface area (Å²) in [6, 6.07) is 13.2. The SMILES string of the molecule is COC(=O)[C@@H]1C[C@H]1c1ccc(-c2nc(-c3ccc(OC(C)C)c(Cl)c3)no2)cc1. The number of carbonyl (C=O) groups excluding carboxylic acids is 1. The van der Waals surface area contributed by atoms with Crippen LogP contribution in [0, 0.1) is 5.92 Å². The van der Waals surface area contributed by atoms with Crippen LogP contribution in [0.25, 0.3) is 22.8 Å². The molecule has 2 aromatic carbocycles. The highest BCUT2D eigenvalue weighted by Gasteiger charge is 2.44. The number of aromatic nitrogens is 2. The quantitative estimate of drug-likeness (QED) is 0.523. The van der Waals surface area contributed by atoms with Crippen molar-refractivity contribution in [3.05, 3.63) is 53.1 Å². The molecule has 0 radical (unpaired) electrons. The normalized spacial score (nSPS) is 18.0. The number of nitrogens with zero attached hydrogens (tertiary/aromatic N) is 2. The largest absolute Gasteiger partial charge is 0.489 e. The molecule has 1 saturated carbocycles. The number of benzene rings is 2. The minimum absolute atomic E-state index is 0.0340. The lowest BCUT2D eigenvalue weighted by molar-refractivity contribution is -0.142. The van der Waals surface area contributed by atoms with Crippen LogP contribution in [0.15, 0.2) is 47.0 Å². The van der Waals surface area contributed by atoms with Crippen molar-refractivity contribution in [3.63, 3.8) is 0 Å². The van der Waals surface area contributed by atoms with Crippen molar-refractivity contribution in [1.29, 1.82) is 0 Å². The summed E-state index contributed by atoms with van der Waals surface area (Å²) in [4.78, 5) is 16.1. The summed E-state index contributed by atoms with van der Waals surface area (Å²) < 4.78 is 15.9. The van der Waals surface area contributed by atoms with Crippen molar-refractivity contribution in [2.45, 2.75) is 32.3 Å². The number of rotatable bonds is 6. The molecular formula is C22H21ClN2O4. The van der Waals surface area contributed by atoms with Crippen molar-refractivity contribution >= 4 is 17.6 Å². The molecule has 150 valence electrons. The summed E-state index contributed by atoms with van der Waals surface area (Å²) >= 11 is 6.30. The number of halogens is 1. The Morgan fingerprint density at radius 1 is 1.17 bits per heavy atom. The van der Waals surface area contributed by atoms with Gasteiger partial charge in [0.05, 0.1) is 24.2 Å². The monoisotopic (exact) mass is 412 g/mol. The second kappa shape index (κ2) is 7.87. The van der Waals surface area contributed by atoms with Crippen LogP contribution in [0.3, 0.4) is 0 Å². The fourth-order valence-electron chi connectivity index (χ4n) is 3.30. The lowest BCUT2D eigenvalue weighted by Crippen LogP contribution is -2.05. The highest BCUT2D eigenvalue weighted by Crippen LogP contribution is 2.48. The van der Waals surface area contributed by atoms with Crippen LogP contribution in [-0.2, 0) is 9.53 Å². The third-order valence-electron chi connectivity index (χ3n) is 4.86. The molecule has 1 aromatic heterocycles. The van der Waals surface area contributed by atoms with Crippen molar-refractivity contribution in [1.82, 2.24) is 10.1 Å². The van der Waals surface area contributed by atoms with E-state index in [2.05, 4.69) is 10.1 Å². The van der Waals surface area contributed by atoms with Crippen LogP contribution in [-0.4, -0.2) is 29.3 Å². The third-order valence-corrected chi connectivity index (χ3v) is 5.15. The molecule has 1 aliphatic rings. The van der Waals surface area contributed by atoms with Gasteiger partial charge in [-0.3, -0.25) is 4.79 Å². The number of carbonyl (C=O) groups is 1. The highest BCUT2D eigenvalue weighted by atomic mass is 35.5. The maximum atomic E-state index is 11.6. The molecule has 0 bridgehead atoms. The first kappa shape index (κ1) is 19.5. The Balaban J connectivity index is 1.49. The Hall–Kier alpha value is -2.86. The molecule has 6 nitrogen and oxygen atoms in total. The van der Waals surface area contributed by atoms with Gasteiger partial charge in [-0.05, 0) is 62.1 Å². The van der Waals surface area contributed by atoms with E-state index in [-0.39, 0.29) is 23.9 Å². The maximum Gasteiger partial charge on any atom is 0.309 e. The standard InChI is InChI=1S/C22H21ClN2O4/c1-12(2)28-19-9-8-15(10-18(19)23)20-24-21(29-25-20)14-6-4-13(5-7-14)16-11-17(16)22(26)27-3/h4-10,12,16-17H,11H2,1-3H3/t16-,17+/m0/s1. The minimum Gasteiger partial charge on any atom is -0.489 e. The van der Waals surface area contributed by atoms with Gasteiger partial charge < -0.3 is 14.0 Å². The van der Waals surface area contributed by atoms with E-state index >= 15 is 0 Å². The summed E-state index contributed by atoms with van der Waals surface area (Å²) in [6.45, 7) is 3.89. The maximum absolute atomic E-state index is 11.6. The molecule has 29 heavy (non-hydrogen) atoms. The van der Waals surface area contributed by atoms with Gasteiger partial charge in [-0.25, -0.2) is 0 Å². The van der Waals surface area contributed by atoms with Crippen LogP contribution < -0.4 is 4.74 Å². The first-order valence-electron chi connectivity index (χ1n) is 9.44. The lowest BCUT2D eigenvalue weighted by atomic mass is 10.1. The molecule has 2 atom stereocenters. The summed E-state index contributed by atoms with van der Waals surface area (Å²) in [6.07, 6.45) is 0.866. The molecule has 4 rings (SSSR count). The fourth-order valence-corrected chi connectivity index (χ4v) is 3.52. The number of methoxy groups -OCH3 is 1. The first-order valence-corrected chi connectivity index (χ1v) is 9.82. The van der Waals surface area contributed by atoms with Crippen molar-refractivity contribution < 1.29 is 18.8 Å². The summed E-state index contributed by atoms with van der Waals surface area (Å²) in [5.74, 6) is 1.54. The average Bonchev–Trinajstić information content (AvgIpc) is 3.37. The van der Waals surface area contributed by atoms with Gasteiger partial charge in [-0.1, -0.05) is 28.9 Å². The first-order chi connectivity index (χ1) is 14.0. The molecule has 3 aromatic rings. The molecule has 0 unspecified atom stereocenters.